The second-order valence-corrected chi connectivity index (χ2v) is 14.6. The number of halogens is 2. The van der Waals surface area contributed by atoms with Gasteiger partial charge >= 0.3 is 0 Å². The molecule has 2 fully saturated rings. The maximum atomic E-state index is 6.09. The molecule has 2 nitrogen and oxygen atoms in total. The maximum absolute atomic E-state index is 6.09. The summed E-state index contributed by atoms with van der Waals surface area (Å²) in [5, 5.41) is 3.15. The number of rotatable bonds is 3. The van der Waals surface area contributed by atoms with E-state index in [1.165, 1.54) is 78.3 Å². The molecule has 6 rings (SSSR count). The third kappa shape index (κ3) is 3.65. The summed E-state index contributed by atoms with van der Waals surface area (Å²) in [4.78, 5) is 2.52. The Bertz CT molecular complexity index is 1230. The molecule has 2 aromatic carbocycles. The van der Waals surface area contributed by atoms with Gasteiger partial charge < -0.3 is 17.3 Å². The predicted octanol–water partition coefficient (Wildman–Crippen LogP) is 2.26. The molecule has 33 heavy (non-hydrogen) atoms. The Hall–Kier alpha value is -2.07. The summed E-state index contributed by atoms with van der Waals surface area (Å²) >= 11 is 6.09. The van der Waals surface area contributed by atoms with Crippen LogP contribution in [-0.2, 0) is 5.88 Å². The standard InChI is InChI=1S/C28H30ClN2Si.ClH/c1-32(2)26-17-22(30-13-3-14-30)9-11-24(26)28(21-7-5-20(19-29)6-8-21)25-12-10-23(18-27(25)32)31-15-4-16-31;/h5-12,17-18H,3-4,13-16,19H2,1-2H3;1H/q+1;/p-1. The Morgan fingerprint density at radius 1 is 0.970 bits per heavy atom. The molecule has 0 saturated carbocycles. The zero-order valence-electron chi connectivity index (χ0n) is 19.4. The molecule has 3 aliphatic heterocycles. The SMILES string of the molecule is C[Si]1(C)C2=CC(=[N+]3CCC3)C=CC2=C(c2ccc(CCl)cc2)c2ccc(N3CCC3)cc21.[Cl-]. The Kier molecular flexibility index (Phi) is 5.92. The number of hydrogen-bond donors (Lipinski definition) is 0. The molecule has 0 bridgehead atoms. The normalized spacial score (nSPS) is 20.3. The van der Waals surface area contributed by atoms with Gasteiger partial charge in [-0.15, -0.1) is 11.6 Å². The predicted molar refractivity (Wildman–Crippen MR) is 139 cm³/mol. The minimum atomic E-state index is -1.85. The largest absolute Gasteiger partial charge is 1.00 e. The Morgan fingerprint density at radius 3 is 2.33 bits per heavy atom. The van der Waals surface area contributed by atoms with Crippen molar-refractivity contribution in [3.05, 3.63) is 88.2 Å². The Labute approximate surface area is 209 Å². The van der Waals surface area contributed by atoms with E-state index in [1.807, 2.05) is 0 Å². The van der Waals surface area contributed by atoms with Gasteiger partial charge in [-0.25, -0.2) is 4.58 Å². The van der Waals surface area contributed by atoms with Crippen LogP contribution in [-0.4, -0.2) is 44.5 Å². The van der Waals surface area contributed by atoms with E-state index < -0.39 is 8.07 Å². The monoisotopic (exact) mass is 492 g/mol. The van der Waals surface area contributed by atoms with Gasteiger partial charge in [0.25, 0.3) is 0 Å². The molecule has 0 radical (unpaired) electrons. The van der Waals surface area contributed by atoms with Crippen molar-refractivity contribution in [2.75, 3.05) is 31.1 Å². The highest BCUT2D eigenvalue weighted by Gasteiger charge is 2.41. The van der Waals surface area contributed by atoms with Crippen LogP contribution >= 0.6 is 11.6 Å². The highest BCUT2D eigenvalue weighted by molar-refractivity contribution is 6.98. The Morgan fingerprint density at radius 2 is 1.73 bits per heavy atom. The fraction of sp³-hybridized carbons (Fsp3) is 0.321. The van der Waals surface area contributed by atoms with Crippen molar-refractivity contribution >= 4 is 41.8 Å². The molecule has 0 unspecified atom stereocenters. The van der Waals surface area contributed by atoms with Crippen LogP contribution in [0.2, 0.25) is 13.1 Å². The fourth-order valence-corrected chi connectivity index (χ4v) is 8.69. The first-order valence-electron chi connectivity index (χ1n) is 11.9. The molecule has 0 N–H and O–H groups in total. The molecule has 0 atom stereocenters. The van der Waals surface area contributed by atoms with E-state index in [-0.39, 0.29) is 12.4 Å². The minimum Gasteiger partial charge on any atom is -1.00 e. The van der Waals surface area contributed by atoms with E-state index in [2.05, 4.69) is 83.3 Å². The maximum Gasteiger partial charge on any atom is 0.199 e. The molecule has 1 aliphatic carbocycles. The third-order valence-corrected chi connectivity index (χ3v) is 11.6. The lowest BCUT2D eigenvalue weighted by atomic mass is 9.89. The van der Waals surface area contributed by atoms with Crippen LogP contribution in [0.1, 0.15) is 29.5 Å². The molecule has 170 valence electrons. The van der Waals surface area contributed by atoms with Crippen LogP contribution in [0.3, 0.4) is 0 Å². The minimum absolute atomic E-state index is 0. The van der Waals surface area contributed by atoms with Crippen molar-refractivity contribution < 1.29 is 17.0 Å². The molecule has 0 aromatic heterocycles. The third-order valence-electron chi connectivity index (χ3n) is 7.73. The summed E-state index contributed by atoms with van der Waals surface area (Å²) in [6.45, 7) is 9.83. The van der Waals surface area contributed by atoms with Crippen molar-refractivity contribution in [1.82, 2.24) is 0 Å². The smallest absolute Gasteiger partial charge is 0.199 e. The van der Waals surface area contributed by atoms with Crippen molar-refractivity contribution in [3.8, 4) is 0 Å². The van der Waals surface area contributed by atoms with Crippen molar-refractivity contribution in [3.63, 3.8) is 0 Å². The van der Waals surface area contributed by atoms with Crippen LogP contribution < -0.4 is 22.5 Å². The second-order valence-electron chi connectivity index (χ2n) is 9.97. The average Bonchev–Trinajstić information content (AvgIpc) is 2.73. The number of fused-ring (bicyclic) bond motifs is 2. The first-order valence-corrected chi connectivity index (χ1v) is 15.4. The number of hydrogen-bond acceptors (Lipinski definition) is 1. The molecule has 0 spiro atoms. The van der Waals surface area contributed by atoms with E-state index >= 15 is 0 Å². The van der Waals surface area contributed by atoms with Gasteiger partial charge in [0, 0.05) is 36.8 Å². The molecular weight excluding hydrogens is 463 g/mol. The summed E-state index contributed by atoms with van der Waals surface area (Å²) in [7, 11) is -1.85. The number of allylic oxidation sites excluding steroid dienone is 5. The van der Waals surface area contributed by atoms with Gasteiger partial charge in [0.15, 0.2) is 5.71 Å². The average molecular weight is 494 g/mol. The quantitative estimate of drug-likeness (QED) is 0.361. The van der Waals surface area contributed by atoms with Crippen molar-refractivity contribution in [2.45, 2.75) is 31.8 Å². The van der Waals surface area contributed by atoms with E-state index in [0.717, 1.165) is 0 Å². The van der Waals surface area contributed by atoms with Crippen molar-refractivity contribution in [1.29, 1.82) is 0 Å². The summed E-state index contributed by atoms with van der Waals surface area (Å²) in [5.41, 5.74) is 9.49. The van der Waals surface area contributed by atoms with E-state index in [4.69, 9.17) is 11.6 Å². The first-order chi connectivity index (χ1) is 15.6. The topological polar surface area (TPSA) is 6.25 Å². The van der Waals surface area contributed by atoms with Gasteiger partial charge in [0.1, 0.15) is 21.2 Å². The molecule has 5 heteroatoms. The zero-order chi connectivity index (χ0) is 21.9. The van der Waals surface area contributed by atoms with E-state index in [0.29, 0.717) is 5.88 Å². The van der Waals surface area contributed by atoms with Crippen LogP contribution in [0.5, 0.6) is 0 Å². The molecule has 3 heterocycles. The number of alkyl halides is 1. The van der Waals surface area contributed by atoms with Gasteiger partial charge in [-0.05, 0) is 62.8 Å². The number of benzene rings is 2. The Balaban J connectivity index is 0.00000228. The van der Waals surface area contributed by atoms with Gasteiger partial charge in [0.05, 0.1) is 6.42 Å². The lowest BCUT2D eigenvalue weighted by molar-refractivity contribution is -0.582. The molecular formula is C28H30Cl2N2Si. The number of nitrogens with zero attached hydrogens (tertiary/aromatic N) is 2. The number of anilines is 1. The molecule has 2 saturated heterocycles. The summed E-state index contributed by atoms with van der Waals surface area (Å²) in [6, 6.07) is 16.1. The fourth-order valence-electron chi connectivity index (χ4n) is 5.44. The van der Waals surface area contributed by atoms with E-state index in [1.54, 1.807) is 10.4 Å². The zero-order valence-corrected chi connectivity index (χ0v) is 21.9. The van der Waals surface area contributed by atoms with Gasteiger partial charge in [0.2, 0.25) is 0 Å². The van der Waals surface area contributed by atoms with E-state index in [9.17, 15) is 0 Å². The summed E-state index contributed by atoms with van der Waals surface area (Å²) < 4.78 is 2.52. The van der Waals surface area contributed by atoms with Crippen LogP contribution in [0.4, 0.5) is 5.69 Å². The van der Waals surface area contributed by atoms with Crippen LogP contribution in [0.25, 0.3) is 5.57 Å². The molecule has 4 aliphatic rings. The summed E-state index contributed by atoms with van der Waals surface area (Å²) in [5.74, 6) is 0.557. The van der Waals surface area contributed by atoms with Gasteiger partial charge in [-0.3, -0.25) is 0 Å². The lowest BCUT2D eigenvalue weighted by Crippen LogP contribution is -3.00. The van der Waals surface area contributed by atoms with Gasteiger partial charge in [-0.2, -0.15) is 0 Å². The van der Waals surface area contributed by atoms with Gasteiger partial charge in [-0.1, -0.05) is 43.4 Å². The van der Waals surface area contributed by atoms with Crippen molar-refractivity contribution in [2.24, 2.45) is 0 Å². The van der Waals surface area contributed by atoms with Crippen LogP contribution in [0.15, 0.2) is 71.5 Å². The lowest BCUT2D eigenvalue weighted by Gasteiger charge is -2.40. The second kappa shape index (κ2) is 8.61. The summed E-state index contributed by atoms with van der Waals surface area (Å²) in [6.07, 6.45) is 9.88. The molecule has 0 amide bonds. The van der Waals surface area contributed by atoms with Crippen LogP contribution in [0, 0.1) is 0 Å². The highest BCUT2D eigenvalue weighted by atomic mass is 35.5. The highest BCUT2D eigenvalue weighted by Crippen LogP contribution is 2.42. The molecule has 2 aromatic rings. The first kappa shape index (κ1) is 22.7.